The second-order valence-corrected chi connectivity index (χ2v) is 4.80. The molecule has 1 aliphatic heterocycles. The van der Waals surface area contributed by atoms with E-state index in [1.807, 2.05) is 0 Å². The highest BCUT2D eigenvalue weighted by Crippen LogP contribution is 2.16. The Hall–Kier alpha value is -1.65. The number of aliphatic hydroxyl groups is 1. The molecule has 6 heteroatoms. The number of nitriles is 1. The largest absolute Gasteiger partial charge is 0.489 e. The van der Waals surface area contributed by atoms with Gasteiger partial charge in [-0.1, -0.05) is 12.1 Å². The maximum absolute atomic E-state index is 9.86. The molecule has 1 aromatic carbocycles. The summed E-state index contributed by atoms with van der Waals surface area (Å²) in [5.41, 5.74) is 0.463. The van der Waals surface area contributed by atoms with Crippen molar-refractivity contribution in [1.29, 1.82) is 5.26 Å². The molecular formula is C15H20N2O4. The fraction of sp³-hybridized carbons (Fsp3) is 0.533. The maximum Gasteiger partial charge on any atom is 0.137 e. The molecule has 0 bridgehead atoms. The summed E-state index contributed by atoms with van der Waals surface area (Å²) in [6.45, 7) is 3.00. The van der Waals surface area contributed by atoms with Gasteiger partial charge < -0.3 is 24.6 Å². The summed E-state index contributed by atoms with van der Waals surface area (Å²) in [4.78, 5) is 0. The number of para-hydroxylation sites is 1. The lowest BCUT2D eigenvalue weighted by Crippen LogP contribution is -2.41. The van der Waals surface area contributed by atoms with Gasteiger partial charge in [0.1, 0.15) is 24.5 Å². The molecule has 1 heterocycles. The first kappa shape index (κ1) is 15.7. The maximum atomic E-state index is 9.86. The number of ether oxygens (including phenoxy) is 3. The third-order valence-corrected chi connectivity index (χ3v) is 3.08. The first-order valence-electron chi connectivity index (χ1n) is 6.99. The fourth-order valence-corrected chi connectivity index (χ4v) is 2.00. The average Bonchev–Trinajstić information content (AvgIpc) is 2.54. The van der Waals surface area contributed by atoms with E-state index in [0.29, 0.717) is 44.2 Å². The Kier molecular flexibility index (Phi) is 6.44. The molecule has 0 aromatic heterocycles. The molecule has 21 heavy (non-hydrogen) atoms. The molecule has 6 nitrogen and oxygen atoms in total. The van der Waals surface area contributed by atoms with Crippen LogP contribution in [0.25, 0.3) is 0 Å². The molecule has 2 N–H and O–H groups in total. The summed E-state index contributed by atoms with van der Waals surface area (Å²) in [6.07, 6.45) is -0.618. The molecule has 1 aliphatic rings. The zero-order valence-electron chi connectivity index (χ0n) is 11.8. The van der Waals surface area contributed by atoms with Gasteiger partial charge in [-0.3, -0.25) is 0 Å². The monoisotopic (exact) mass is 292 g/mol. The summed E-state index contributed by atoms with van der Waals surface area (Å²) >= 11 is 0. The van der Waals surface area contributed by atoms with E-state index < -0.39 is 6.10 Å². The van der Waals surface area contributed by atoms with Crippen LogP contribution >= 0.6 is 0 Å². The minimum absolute atomic E-state index is 0.0335. The third-order valence-electron chi connectivity index (χ3n) is 3.08. The van der Waals surface area contributed by atoms with Crippen molar-refractivity contribution in [2.75, 3.05) is 39.5 Å². The van der Waals surface area contributed by atoms with Crippen molar-refractivity contribution < 1.29 is 19.3 Å². The van der Waals surface area contributed by atoms with Crippen LogP contribution in [0.5, 0.6) is 5.75 Å². The van der Waals surface area contributed by atoms with Crippen molar-refractivity contribution in [3.8, 4) is 11.8 Å². The smallest absolute Gasteiger partial charge is 0.137 e. The van der Waals surface area contributed by atoms with Crippen LogP contribution in [0, 0.1) is 11.3 Å². The Morgan fingerprint density at radius 2 is 2.29 bits per heavy atom. The number of nitrogens with zero attached hydrogens (tertiary/aromatic N) is 1. The van der Waals surface area contributed by atoms with Crippen molar-refractivity contribution in [2.24, 2.45) is 0 Å². The first-order valence-corrected chi connectivity index (χ1v) is 6.99. The lowest BCUT2D eigenvalue weighted by atomic mass is 10.2. The van der Waals surface area contributed by atoms with Crippen LogP contribution in [0.2, 0.25) is 0 Å². The van der Waals surface area contributed by atoms with E-state index in [1.54, 1.807) is 24.3 Å². The van der Waals surface area contributed by atoms with Crippen molar-refractivity contribution in [2.45, 2.75) is 12.2 Å². The number of hydrogen-bond acceptors (Lipinski definition) is 6. The summed E-state index contributed by atoms with van der Waals surface area (Å²) < 4.78 is 16.2. The van der Waals surface area contributed by atoms with Gasteiger partial charge in [0.25, 0.3) is 0 Å². The Morgan fingerprint density at radius 3 is 3.05 bits per heavy atom. The quantitative estimate of drug-likeness (QED) is 0.752. The van der Waals surface area contributed by atoms with E-state index in [4.69, 9.17) is 19.5 Å². The summed E-state index contributed by atoms with van der Waals surface area (Å²) in [7, 11) is 0. The summed E-state index contributed by atoms with van der Waals surface area (Å²) in [6, 6.07) is 9.01. The van der Waals surface area contributed by atoms with E-state index in [2.05, 4.69) is 11.4 Å². The second kappa shape index (κ2) is 8.60. The molecule has 0 aliphatic carbocycles. The predicted octanol–water partition coefficient (Wildman–Crippen LogP) is 0.303. The van der Waals surface area contributed by atoms with Gasteiger partial charge in [0.15, 0.2) is 0 Å². The minimum atomic E-state index is -0.652. The molecule has 2 unspecified atom stereocenters. The number of benzene rings is 1. The van der Waals surface area contributed by atoms with Crippen LogP contribution in [-0.4, -0.2) is 56.8 Å². The lowest BCUT2D eigenvalue weighted by molar-refractivity contribution is -0.0869. The number of hydrogen-bond donors (Lipinski definition) is 2. The zero-order chi connectivity index (χ0) is 14.9. The number of nitrogens with one attached hydrogen (secondary N) is 1. The van der Waals surface area contributed by atoms with Gasteiger partial charge in [0, 0.05) is 13.1 Å². The Morgan fingerprint density at radius 1 is 1.43 bits per heavy atom. The number of aliphatic hydroxyl groups excluding tert-OH is 1. The molecule has 1 saturated heterocycles. The summed E-state index contributed by atoms with van der Waals surface area (Å²) in [5.74, 6) is 0.489. The molecule has 1 aromatic rings. The topological polar surface area (TPSA) is 83.7 Å². The predicted molar refractivity (Wildman–Crippen MR) is 76.1 cm³/mol. The molecule has 0 radical (unpaired) electrons. The van der Waals surface area contributed by atoms with Gasteiger partial charge in [-0.15, -0.1) is 0 Å². The van der Waals surface area contributed by atoms with Gasteiger partial charge in [-0.2, -0.15) is 5.26 Å². The third kappa shape index (κ3) is 5.33. The van der Waals surface area contributed by atoms with Crippen LogP contribution in [0.3, 0.4) is 0 Å². The van der Waals surface area contributed by atoms with E-state index >= 15 is 0 Å². The van der Waals surface area contributed by atoms with Gasteiger partial charge in [0.05, 0.1) is 31.5 Å². The van der Waals surface area contributed by atoms with Crippen molar-refractivity contribution in [3.05, 3.63) is 29.8 Å². The van der Waals surface area contributed by atoms with Gasteiger partial charge >= 0.3 is 0 Å². The zero-order valence-corrected chi connectivity index (χ0v) is 11.8. The van der Waals surface area contributed by atoms with Crippen LogP contribution in [0.4, 0.5) is 0 Å². The van der Waals surface area contributed by atoms with Crippen LogP contribution in [-0.2, 0) is 9.47 Å². The fourth-order valence-electron chi connectivity index (χ4n) is 2.00. The van der Waals surface area contributed by atoms with E-state index in [1.165, 1.54) is 0 Å². The Labute approximate surface area is 124 Å². The average molecular weight is 292 g/mol. The van der Waals surface area contributed by atoms with Gasteiger partial charge in [-0.05, 0) is 12.1 Å². The highest BCUT2D eigenvalue weighted by atomic mass is 16.6. The highest BCUT2D eigenvalue weighted by Gasteiger charge is 2.14. The van der Waals surface area contributed by atoms with Crippen molar-refractivity contribution >= 4 is 0 Å². The molecule has 114 valence electrons. The normalized spacial score (nSPS) is 19.7. The van der Waals surface area contributed by atoms with Crippen LogP contribution in [0.15, 0.2) is 24.3 Å². The molecular weight excluding hydrogens is 272 g/mol. The van der Waals surface area contributed by atoms with Gasteiger partial charge in [0.2, 0.25) is 0 Å². The SMILES string of the molecule is N#Cc1ccccc1OCC(O)CNCC1COCCO1. The van der Waals surface area contributed by atoms with E-state index in [0.717, 1.165) is 0 Å². The van der Waals surface area contributed by atoms with Crippen LogP contribution < -0.4 is 10.1 Å². The molecule has 0 saturated carbocycles. The standard InChI is InChI=1S/C15H20N2O4/c16-7-12-3-1-2-4-15(12)21-10-13(18)8-17-9-14-11-19-5-6-20-14/h1-4,13-14,17-18H,5-6,8-11H2. The summed E-state index contributed by atoms with van der Waals surface area (Å²) in [5, 5.41) is 21.9. The van der Waals surface area contributed by atoms with Crippen molar-refractivity contribution in [3.63, 3.8) is 0 Å². The highest BCUT2D eigenvalue weighted by molar-refractivity contribution is 5.42. The number of rotatable bonds is 7. The van der Waals surface area contributed by atoms with Gasteiger partial charge in [-0.25, -0.2) is 0 Å². The van der Waals surface area contributed by atoms with Crippen LogP contribution in [0.1, 0.15) is 5.56 Å². The Balaban J connectivity index is 1.65. The Bertz CT molecular complexity index is 469. The second-order valence-electron chi connectivity index (χ2n) is 4.80. The molecule has 0 spiro atoms. The lowest BCUT2D eigenvalue weighted by Gasteiger charge is -2.23. The molecule has 2 rings (SSSR count). The molecule has 0 amide bonds. The molecule has 2 atom stereocenters. The minimum Gasteiger partial charge on any atom is -0.489 e. The molecule has 1 fully saturated rings. The first-order chi connectivity index (χ1) is 10.3. The van der Waals surface area contributed by atoms with E-state index in [-0.39, 0.29) is 12.7 Å². The van der Waals surface area contributed by atoms with E-state index in [9.17, 15) is 5.11 Å². The van der Waals surface area contributed by atoms with Crippen molar-refractivity contribution in [1.82, 2.24) is 5.32 Å².